The third kappa shape index (κ3) is 2.96. The molecule has 4 heterocycles. The summed E-state index contributed by atoms with van der Waals surface area (Å²) >= 11 is 1.78. The molecule has 0 fully saturated rings. The second kappa shape index (κ2) is 6.53. The van der Waals surface area contributed by atoms with Gasteiger partial charge in [0.25, 0.3) is 0 Å². The van der Waals surface area contributed by atoms with Crippen LogP contribution in [0.3, 0.4) is 0 Å². The zero-order valence-corrected chi connectivity index (χ0v) is 15.8. The number of amides is 1. The van der Waals surface area contributed by atoms with Crippen molar-refractivity contribution in [1.82, 2.24) is 20.0 Å². The molecule has 1 amide bonds. The third-order valence-electron chi connectivity index (χ3n) is 4.50. The van der Waals surface area contributed by atoms with Gasteiger partial charge in [0.2, 0.25) is 5.91 Å². The molecule has 0 N–H and O–H groups in total. The molecular weight excluding hydrogens is 348 g/mol. The summed E-state index contributed by atoms with van der Waals surface area (Å²) < 4.78 is 1.67. The maximum atomic E-state index is 12.4. The van der Waals surface area contributed by atoms with Crippen molar-refractivity contribution in [1.29, 1.82) is 0 Å². The molecule has 1 aliphatic heterocycles. The lowest BCUT2D eigenvalue weighted by atomic mass is 10.1. The molecule has 0 radical (unpaired) electrons. The summed E-state index contributed by atoms with van der Waals surface area (Å²) in [6, 6.07) is 6.41. The van der Waals surface area contributed by atoms with Gasteiger partial charge in [-0.2, -0.15) is 0 Å². The number of nitrogens with zero attached hydrogens (tertiary/aromatic N) is 6. The van der Waals surface area contributed by atoms with Gasteiger partial charge in [-0.15, -0.1) is 16.4 Å². The van der Waals surface area contributed by atoms with Crippen LogP contribution >= 0.6 is 11.3 Å². The second-order valence-corrected chi connectivity index (χ2v) is 7.55. The molecule has 0 spiro atoms. The maximum absolute atomic E-state index is 12.4. The van der Waals surface area contributed by atoms with E-state index in [4.69, 9.17) is 0 Å². The van der Waals surface area contributed by atoms with Gasteiger partial charge in [0.05, 0.1) is 18.8 Å². The van der Waals surface area contributed by atoms with Crippen LogP contribution in [0.1, 0.15) is 17.5 Å². The normalized spacial score (nSPS) is 14.0. The van der Waals surface area contributed by atoms with Crippen LogP contribution in [0.2, 0.25) is 0 Å². The summed E-state index contributed by atoms with van der Waals surface area (Å²) in [6.07, 6.45) is 4.74. The number of aromatic nitrogens is 4. The minimum atomic E-state index is 0.0195. The van der Waals surface area contributed by atoms with Gasteiger partial charge < -0.3 is 4.90 Å². The maximum Gasteiger partial charge on any atom is 0.247 e. The van der Waals surface area contributed by atoms with E-state index < -0.39 is 0 Å². The monoisotopic (exact) mass is 368 g/mol. The standard InChI is InChI=1S/C18H20N6OS/c1-4-14-5-6-16(26-14)12-7-15-18(19-8-12)23(3)17(25)11-24(15)10-13-9-22(2)21-20-13/h5-9H,4,10-11H2,1-3H3. The van der Waals surface area contributed by atoms with Gasteiger partial charge in [0.15, 0.2) is 5.82 Å². The lowest BCUT2D eigenvalue weighted by Gasteiger charge is -2.34. The van der Waals surface area contributed by atoms with Crippen molar-refractivity contribution in [2.75, 3.05) is 23.4 Å². The smallest absolute Gasteiger partial charge is 0.247 e. The number of anilines is 2. The van der Waals surface area contributed by atoms with E-state index in [9.17, 15) is 4.79 Å². The largest absolute Gasteiger partial charge is 0.353 e. The Hall–Kier alpha value is -2.74. The average molecular weight is 368 g/mol. The van der Waals surface area contributed by atoms with Gasteiger partial charge in [0, 0.05) is 41.8 Å². The summed E-state index contributed by atoms with van der Waals surface area (Å²) in [5.41, 5.74) is 2.84. The van der Waals surface area contributed by atoms with Crippen LogP contribution < -0.4 is 9.80 Å². The Labute approximate surface area is 155 Å². The third-order valence-corrected chi connectivity index (χ3v) is 5.78. The summed E-state index contributed by atoms with van der Waals surface area (Å²) in [5.74, 6) is 0.701. The minimum absolute atomic E-state index is 0.0195. The van der Waals surface area contributed by atoms with Crippen LogP contribution in [0.5, 0.6) is 0 Å². The Morgan fingerprint density at radius 3 is 2.81 bits per heavy atom. The predicted molar refractivity (Wildman–Crippen MR) is 102 cm³/mol. The highest BCUT2D eigenvalue weighted by molar-refractivity contribution is 7.15. The van der Waals surface area contributed by atoms with Crippen LogP contribution in [0.15, 0.2) is 30.6 Å². The summed E-state index contributed by atoms with van der Waals surface area (Å²) in [5, 5.41) is 8.13. The number of carbonyl (C=O) groups excluding carboxylic acids is 1. The molecule has 4 rings (SSSR count). The van der Waals surface area contributed by atoms with Crippen LogP contribution in [-0.2, 0) is 24.8 Å². The molecular formula is C18H20N6OS. The zero-order chi connectivity index (χ0) is 18.3. The number of aryl methyl sites for hydroxylation is 2. The van der Waals surface area contributed by atoms with Gasteiger partial charge in [-0.05, 0) is 24.6 Å². The molecule has 3 aromatic heterocycles. The quantitative estimate of drug-likeness (QED) is 0.708. The molecule has 0 saturated heterocycles. The first-order chi connectivity index (χ1) is 12.5. The number of pyridine rings is 1. The molecule has 1 aliphatic rings. The Morgan fingerprint density at radius 2 is 2.12 bits per heavy atom. The van der Waals surface area contributed by atoms with E-state index in [1.807, 2.05) is 24.3 Å². The molecule has 0 unspecified atom stereocenters. The highest BCUT2D eigenvalue weighted by atomic mass is 32.1. The van der Waals surface area contributed by atoms with Crippen LogP contribution in [0.4, 0.5) is 11.5 Å². The summed E-state index contributed by atoms with van der Waals surface area (Å²) in [4.78, 5) is 23.1. The SMILES string of the molecule is CCc1ccc(-c2cnc3c(c2)N(Cc2cn(C)nn2)CC(=O)N3C)s1. The second-order valence-electron chi connectivity index (χ2n) is 6.38. The number of carbonyl (C=O) groups is 1. The Morgan fingerprint density at radius 1 is 1.27 bits per heavy atom. The van der Waals surface area contributed by atoms with Crippen molar-refractivity contribution >= 4 is 28.7 Å². The first kappa shape index (κ1) is 16.7. The molecule has 0 atom stereocenters. The topological polar surface area (TPSA) is 67.2 Å². The molecule has 26 heavy (non-hydrogen) atoms. The van der Waals surface area contributed by atoms with E-state index in [-0.39, 0.29) is 5.91 Å². The fourth-order valence-electron chi connectivity index (χ4n) is 3.07. The van der Waals surface area contributed by atoms with E-state index in [2.05, 4.69) is 40.4 Å². The van der Waals surface area contributed by atoms with Crippen molar-refractivity contribution in [2.45, 2.75) is 19.9 Å². The van der Waals surface area contributed by atoms with E-state index >= 15 is 0 Å². The Bertz CT molecular complexity index is 962. The Balaban J connectivity index is 1.73. The molecule has 0 aliphatic carbocycles. The zero-order valence-electron chi connectivity index (χ0n) is 15.0. The number of rotatable bonds is 4. The van der Waals surface area contributed by atoms with Crippen LogP contribution in [0, 0.1) is 0 Å². The molecule has 3 aromatic rings. The molecule has 134 valence electrons. The van der Waals surface area contributed by atoms with E-state index in [0.29, 0.717) is 18.9 Å². The van der Waals surface area contributed by atoms with E-state index in [1.165, 1.54) is 9.75 Å². The molecule has 0 bridgehead atoms. The van der Waals surface area contributed by atoms with Crippen LogP contribution in [-0.4, -0.2) is 39.5 Å². The molecule has 0 saturated carbocycles. The first-order valence-corrected chi connectivity index (χ1v) is 9.32. The van der Waals surface area contributed by atoms with Crippen molar-refractivity contribution in [3.8, 4) is 10.4 Å². The lowest BCUT2D eigenvalue weighted by Crippen LogP contribution is -2.44. The van der Waals surface area contributed by atoms with Crippen LogP contribution in [0.25, 0.3) is 10.4 Å². The Kier molecular flexibility index (Phi) is 4.20. The van der Waals surface area contributed by atoms with E-state index in [0.717, 1.165) is 23.4 Å². The van der Waals surface area contributed by atoms with Gasteiger partial charge in [0.1, 0.15) is 5.69 Å². The van der Waals surface area contributed by atoms with Gasteiger partial charge in [-0.25, -0.2) is 4.98 Å². The predicted octanol–water partition coefficient (Wildman–Crippen LogP) is 2.48. The minimum Gasteiger partial charge on any atom is -0.353 e. The number of thiophene rings is 1. The highest BCUT2D eigenvalue weighted by Crippen LogP contribution is 2.37. The molecule has 0 aromatic carbocycles. The number of hydrogen-bond acceptors (Lipinski definition) is 6. The van der Waals surface area contributed by atoms with Gasteiger partial charge >= 0.3 is 0 Å². The van der Waals surface area contributed by atoms with Crippen molar-refractivity contribution in [3.05, 3.63) is 41.2 Å². The molecule has 8 heteroatoms. The van der Waals surface area contributed by atoms with Gasteiger partial charge in [-0.3, -0.25) is 14.4 Å². The summed E-state index contributed by atoms with van der Waals surface area (Å²) in [6.45, 7) is 2.98. The van der Waals surface area contributed by atoms with Crippen molar-refractivity contribution in [3.63, 3.8) is 0 Å². The fraction of sp³-hybridized carbons (Fsp3) is 0.333. The van der Waals surface area contributed by atoms with E-state index in [1.54, 1.807) is 28.0 Å². The highest BCUT2D eigenvalue weighted by Gasteiger charge is 2.29. The number of fused-ring (bicyclic) bond motifs is 1. The average Bonchev–Trinajstić information content (AvgIpc) is 3.28. The van der Waals surface area contributed by atoms with Gasteiger partial charge in [-0.1, -0.05) is 12.1 Å². The molecule has 7 nitrogen and oxygen atoms in total. The first-order valence-electron chi connectivity index (χ1n) is 8.51. The summed E-state index contributed by atoms with van der Waals surface area (Å²) in [7, 11) is 3.61. The number of hydrogen-bond donors (Lipinski definition) is 0. The van der Waals surface area contributed by atoms with Crippen molar-refractivity contribution < 1.29 is 4.79 Å². The van der Waals surface area contributed by atoms with Crippen molar-refractivity contribution in [2.24, 2.45) is 7.05 Å². The fourth-order valence-corrected chi connectivity index (χ4v) is 4.00. The lowest BCUT2D eigenvalue weighted by molar-refractivity contribution is -0.117. The number of likely N-dealkylation sites (N-methyl/N-ethyl adjacent to an activating group) is 1.